The number of carboxylic acids is 2. The molecule has 0 radical (unpaired) electrons. The Morgan fingerprint density at radius 1 is 0.640 bits per heavy atom. The molecule has 2 heterocycles. The zero-order valence-electron chi connectivity index (χ0n) is 26.9. The van der Waals surface area contributed by atoms with Crippen molar-refractivity contribution in [2.75, 3.05) is 0 Å². The number of para-hydroxylation sites is 2. The van der Waals surface area contributed by atoms with Crippen LogP contribution in [0.25, 0.3) is 21.8 Å². The van der Waals surface area contributed by atoms with Gasteiger partial charge >= 0.3 is 11.9 Å². The van der Waals surface area contributed by atoms with E-state index in [4.69, 9.17) is 5.73 Å². The number of nitrogens with two attached hydrogens (primary N) is 1. The molecule has 0 spiro atoms. The summed E-state index contributed by atoms with van der Waals surface area (Å²) >= 11 is 0. The van der Waals surface area contributed by atoms with Crippen molar-refractivity contribution in [2.24, 2.45) is 5.73 Å². The molecule has 0 fully saturated rings. The minimum atomic E-state index is -1.38. The zero-order valence-corrected chi connectivity index (χ0v) is 26.9. The number of aromatic hydroxyl groups is 1. The van der Waals surface area contributed by atoms with Crippen LogP contribution in [-0.2, 0) is 43.2 Å². The number of carbonyl (C=O) groups is 5. The van der Waals surface area contributed by atoms with Crippen LogP contribution in [0, 0.1) is 0 Å². The molecule has 260 valence electrons. The van der Waals surface area contributed by atoms with Crippen LogP contribution in [0.2, 0.25) is 0 Å². The number of aromatic nitrogens is 2. The van der Waals surface area contributed by atoms with E-state index in [1.165, 1.54) is 12.1 Å². The summed E-state index contributed by atoms with van der Waals surface area (Å²) in [4.78, 5) is 70.8. The summed E-state index contributed by atoms with van der Waals surface area (Å²) in [5, 5.41) is 38.3. The number of aromatic amines is 2. The van der Waals surface area contributed by atoms with Crippen LogP contribution in [0.3, 0.4) is 0 Å². The number of hydrogen-bond donors (Lipinski definition) is 9. The number of hydrogen-bond acceptors (Lipinski definition) is 7. The molecule has 5 aromatic rings. The summed E-state index contributed by atoms with van der Waals surface area (Å²) in [6, 6.07) is 15.6. The Morgan fingerprint density at radius 3 is 1.70 bits per heavy atom. The Hall–Kier alpha value is -6.15. The van der Waals surface area contributed by atoms with Crippen molar-refractivity contribution >= 4 is 51.5 Å². The quantitative estimate of drug-likeness (QED) is 0.0739. The summed E-state index contributed by atoms with van der Waals surface area (Å²) < 4.78 is 0. The predicted octanol–water partition coefficient (Wildman–Crippen LogP) is 2.11. The van der Waals surface area contributed by atoms with Crippen molar-refractivity contribution in [3.05, 3.63) is 102 Å². The number of benzene rings is 3. The molecule has 5 rings (SSSR count). The molecule has 0 aliphatic rings. The van der Waals surface area contributed by atoms with E-state index in [1.807, 2.05) is 48.5 Å². The Balaban J connectivity index is 1.36. The van der Waals surface area contributed by atoms with Gasteiger partial charge in [-0.3, -0.25) is 19.2 Å². The van der Waals surface area contributed by atoms with E-state index in [0.29, 0.717) is 16.7 Å². The second-order valence-corrected chi connectivity index (χ2v) is 12.1. The third-order valence-corrected chi connectivity index (χ3v) is 8.45. The molecule has 0 saturated heterocycles. The van der Waals surface area contributed by atoms with E-state index < -0.39 is 60.2 Å². The van der Waals surface area contributed by atoms with Crippen molar-refractivity contribution in [2.45, 2.75) is 56.3 Å². The molecule has 50 heavy (non-hydrogen) atoms. The Morgan fingerprint density at radius 2 is 1.14 bits per heavy atom. The molecule has 3 aromatic carbocycles. The van der Waals surface area contributed by atoms with Gasteiger partial charge in [0.1, 0.15) is 23.9 Å². The van der Waals surface area contributed by atoms with E-state index in [9.17, 15) is 39.3 Å². The lowest BCUT2D eigenvalue weighted by atomic mass is 10.0. The first kappa shape index (κ1) is 35.2. The topological polar surface area (TPSA) is 240 Å². The fourth-order valence-corrected chi connectivity index (χ4v) is 5.79. The van der Waals surface area contributed by atoms with Crippen LogP contribution in [0.5, 0.6) is 5.75 Å². The van der Waals surface area contributed by atoms with E-state index in [2.05, 4.69) is 25.9 Å². The van der Waals surface area contributed by atoms with Crippen LogP contribution in [0.4, 0.5) is 0 Å². The second-order valence-electron chi connectivity index (χ2n) is 12.1. The average molecular weight is 683 g/mol. The molecule has 2 aromatic heterocycles. The van der Waals surface area contributed by atoms with Crippen molar-refractivity contribution in [3.63, 3.8) is 0 Å². The molecule has 4 unspecified atom stereocenters. The number of phenols is 1. The van der Waals surface area contributed by atoms with Crippen LogP contribution in [0.15, 0.2) is 85.2 Å². The van der Waals surface area contributed by atoms with Gasteiger partial charge in [-0.05, 0) is 53.8 Å². The second kappa shape index (κ2) is 15.8. The summed E-state index contributed by atoms with van der Waals surface area (Å²) in [6.07, 6.45) is 2.55. The van der Waals surface area contributed by atoms with Gasteiger partial charge in [-0.25, -0.2) is 4.79 Å². The number of phenolic OH excluding ortho intramolecular Hbond substituents is 1. The first-order chi connectivity index (χ1) is 24.0. The highest BCUT2D eigenvalue weighted by Gasteiger charge is 2.32. The lowest BCUT2D eigenvalue weighted by Crippen LogP contribution is -2.58. The maximum Gasteiger partial charge on any atom is 0.326 e. The Bertz CT molecular complexity index is 2000. The van der Waals surface area contributed by atoms with Gasteiger partial charge in [-0.2, -0.15) is 0 Å². The van der Waals surface area contributed by atoms with Crippen LogP contribution in [0.1, 0.15) is 29.5 Å². The van der Waals surface area contributed by atoms with Crippen LogP contribution >= 0.6 is 0 Å². The highest BCUT2D eigenvalue weighted by Crippen LogP contribution is 2.21. The number of nitrogens with one attached hydrogen (secondary N) is 5. The molecule has 3 amide bonds. The van der Waals surface area contributed by atoms with Gasteiger partial charge in [0.05, 0.1) is 6.04 Å². The van der Waals surface area contributed by atoms with Gasteiger partial charge in [0.2, 0.25) is 17.7 Å². The van der Waals surface area contributed by atoms with Crippen molar-refractivity contribution in [1.29, 1.82) is 0 Å². The van der Waals surface area contributed by atoms with Crippen molar-refractivity contribution in [1.82, 2.24) is 25.9 Å². The monoisotopic (exact) mass is 682 g/mol. The van der Waals surface area contributed by atoms with Gasteiger partial charge in [0.25, 0.3) is 0 Å². The number of rotatable bonds is 16. The van der Waals surface area contributed by atoms with E-state index in [1.54, 1.807) is 24.5 Å². The summed E-state index contributed by atoms with van der Waals surface area (Å²) in [6.45, 7) is 0. The smallest absolute Gasteiger partial charge is 0.326 e. The number of amides is 3. The molecule has 0 aliphatic heterocycles. The summed E-state index contributed by atoms with van der Waals surface area (Å²) in [7, 11) is 0. The lowest BCUT2D eigenvalue weighted by Gasteiger charge is -2.25. The van der Waals surface area contributed by atoms with Gasteiger partial charge in [0.15, 0.2) is 0 Å². The van der Waals surface area contributed by atoms with Crippen LogP contribution in [-0.4, -0.2) is 79.1 Å². The maximum atomic E-state index is 13.9. The molecule has 0 saturated carbocycles. The van der Waals surface area contributed by atoms with Gasteiger partial charge < -0.3 is 47.0 Å². The highest BCUT2D eigenvalue weighted by atomic mass is 16.4. The average Bonchev–Trinajstić information content (AvgIpc) is 3.70. The maximum absolute atomic E-state index is 13.9. The minimum absolute atomic E-state index is 0.0380. The fourth-order valence-electron chi connectivity index (χ4n) is 5.79. The standard InChI is InChI=1S/C36H38N6O8/c37-26(15-20-9-11-23(43)12-10-20)33(46)40-29(13-14-32(44)45)34(47)41-30(16-21-18-38-27-7-3-1-5-24(21)27)35(48)42-31(36(49)50)17-22-19-39-28-8-4-2-6-25(22)28/h1-12,18-19,26,29-31,38-39,43H,13-17,37H2,(H,40,46)(H,41,47)(H,42,48)(H,44,45)(H,49,50). The molecule has 14 nitrogen and oxygen atoms in total. The molecule has 0 bridgehead atoms. The Kier molecular flexibility index (Phi) is 11.1. The molecule has 0 aliphatic carbocycles. The number of carbonyl (C=O) groups excluding carboxylic acids is 3. The summed E-state index contributed by atoms with van der Waals surface area (Å²) in [5.41, 5.74) is 9.67. The molecular weight excluding hydrogens is 644 g/mol. The van der Waals surface area contributed by atoms with E-state index >= 15 is 0 Å². The van der Waals surface area contributed by atoms with Gasteiger partial charge in [-0.15, -0.1) is 0 Å². The predicted molar refractivity (Wildman–Crippen MR) is 184 cm³/mol. The third-order valence-electron chi connectivity index (χ3n) is 8.45. The molecular formula is C36H38N6O8. The molecule has 4 atom stereocenters. The third kappa shape index (κ3) is 8.85. The number of H-pyrrole nitrogens is 2. The number of aliphatic carboxylic acids is 2. The van der Waals surface area contributed by atoms with Gasteiger partial charge in [-0.1, -0.05) is 48.5 Å². The fraction of sp³-hybridized carbons (Fsp3) is 0.250. The van der Waals surface area contributed by atoms with Crippen LogP contribution < -0.4 is 21.7 Å². The van der Waals surface area contributed by atoms with Gasteiger partial charge in [0, 0.05) is 53.5 Å². The molecule has 14 heteroatoms. The number of carboxylic acid groups (broad SMARTS) is 2. The first-order valence-electron chi connectivity index (χ1n) is 16.0. The Labute approximate surface area is 286 Å². The van der Waals surface area contributed by atoms with Crippen molar-refractivity contribution in [3.8, 4) is 5.75 Å². The molecule has 10 N–H and O–H groups in total. The zero-order chi connectivity index (χ0) is 35.8. The first-order valence-corrected chi connectivity index (χ1v) is 16.0. The highest BCUT2D eigenvalue weighted by molar-refractivity contribution is 5.95. The SMILES string of the molecule is NC(Cc1ccc(O)cc1)C(=O)NC(CCC(=O)O)C(=O)NC(Cc1c[nH]c2ccccc12)C(=O)NC(Cc1c[nH]c2ccccc12)C(=O)O. The minimum Gasteiger partial charge on any atom is -0.508 e. The van der Waals surface area contributed by atoms with Crippen molar-refractivity contribution < 1.29 is 39.3 Å². The largest absolute Gasteiger partial charge is 0.508 e. The summed E-state index contributed by atoms with van der Waals surface area (Å²) in [5.74, 6) is -4.82. The normalized spacial score (nSPS) is 13.6. The number of fused-ring (bicyclic) bond motifs is 2. The lowest BCUT2D eigenvalue weighted by molar-refractivity contribution is -0.142. The van der Waals surface area contributed by atoms with E-state index in [0.717, 1.165) is 21.8 Å². The van der Waals surface area contributed by atoms with E-state index in [-0.39, 0.29) is 31.4 Å².